The van der Waals surface area contributed by atoms with Crippen LogP contribution in [0.25, 0.3) is 0 Å². The van der Waals surface area contributed by atoms with E-state index in [2.05, 4.69) is 0 Å². The van der Waals surface area contributed by atoms with Crippen LogP contribution in [0.2, 0.25) is 0 Å². The van der Waals surface area contributed by atoms with Gasteiger partial charge in [0.25, 0.3) is 0 Å². The van der Waals surface area contributed by atoms with Crippen molar-refractivity contribution in [3.8, 4) is 0 Å². The van der Waals surface area contributed by atoms with E-state index < -0.39 is 22.7 Å². The highest BCUT2D eigenvalue weighted by atomic mass is 32.2. The van der Waals surface area contributed by atoms with Crippen molar-refractivity contribution in [2.75, 3.05) is 23.7 Å². The van der Waals surface area contributed by atoms with E-state index in [0.717, 1.165) is 11.0 Å². The minimum absolute atomic E-state index is 0.00801. The highest BCUT2D eigenvalue weighted by Crippen LogP contribution is 2.31. The van der Waals surface area contributed by atoms with E-state index in [1.54, 1.807) is 0 Å². The molecular formula is C10H14F3N3O2S. The average Bonchev–Trinajstić information content (AvgIpc) is 2.23. The molecule has 0 bridgehead atoms. The maximum Gasteiger partial charge on any atom is 0.405 e. The molecule has 5 nitrogen and oxygen atoms in total. The summed E-state index contributed by atoms with van der Waals surface area (Å²) in [6.07, 6.45) is -4.42. The zero-order chi connectivity index (χ0) is 14.8. The number of hydrogen-bond acceptors (Lipinski definition) is 4. The molecule has 4 N–H and O–H groups in total. The number of nitrogen functional groups attached to an aromatic ring is 1. The molecular weight excluding hydrogens is 283 g/mol. The van der Waals surface area contributed by atoms with E-state index in [1.807, 2.05) is 0 Å². The predicted octanol–water partition coefficient (Wildman–Crippen LogP) is 1.30. The molecule has 108 valence electrons. The fourth-order valence-corrected chi connectivity index (χ4v) is 2.32. The van der Waals surface area contributed by atoms with Gasteiger partial charge in [0.05, 0.1) is 11.4 Å². The van der Waals surface area contributed by atoms with Gasteiger partial charge in [-0.3, -0.25) is 0 Å². The summed E-state index contributed by atoms with van der Waals surface area (Å²) in [5.74, 6) is 0. The zero-order valence-corrected chi connectivity index (χ0v) is 10.9. The SMILES string of the molecule is CCN(CC(F)(F)F)c1cccc(S(N)(=O)=O)c1N. The summed E-state index contributed by atoms with van der Waals surface area (Å²) in [7, 11) is -4.07. The third-order valence-corrected chi connectivity index (χ3v) is 3.41. The van der Waals surface area contributed by atoms with Crippen LogP contribution in [0, 0.1) is 0 Å². The Balaban J connectivity index is 3.27. The number of nitrogens with two attached hydrogens (primary N) is 2. The Morgan fingerprint density at radius 1 is 1.32 bits per heavy atom. The molecule has 0 unspecified atom stereocenters. The molecule has 0 amide bonds. The summed E-state index contributed by atoms with van der Waals surface area (Å²) in [6.45, 7) is 0.314. The summed E-state index contributed by atoms with van der Waals surface area (Å²) in [5, 5.41) is 4.95. The van der Waals surface area contributed by atoms with Gasteiger partial charge in [-0.05, 0) is 19.1 Å². The topological polar surface area (TPSA) is 89.4 Å². The maximum absolute atomic E-state index is 12.4. The van der Waals surface area contributed by atoms with Crippen molar-refractivity contribution in [1.29, 1.82) is 0 Å². The lowest BCUT2D eigenvalue weighted by Crippen LogP contribution is -2.34. The van der Waals surface area contributed by atoms with Crippen molar-refractivity contribution in [2.24, 2.45) is 5.14 Å². The predicted molar refractivity (Wildman–Crippen MR) is 66.2 cm³/mol. The standard InChI is InChI=1S/C10H14F3N3O2S/c1-2-16(6-10(11,12)13)7-4-3-5-8(9(7)14)19(15,17)18/h3-5H,2,6,14H2,1H3,(H2,15,17,18). The van der Waals surface area contributed by atoms with E-state index in [-0.39, 0.29) is 22.8 Å². The molecule has 0 saturated heterocycles. The molecule has 1 aromatic carbocycles. The van der Waals surface area contributed by atoms with Crippen LogP contribution in [0.5, 0.6) is 0 Å². The lowest BCUT2D eigenvalue weighted by Gasteiger charge is -2.26. The molecule has 0 spiro atoms. The van der Waals surface area contributed by atoms with Gasteiger partial charge >= 0.3 is 6.18 Å². The van der Waals surface area contributed by atoms with Crippen molar-refractivity contribution in [3.05, 3.63) is 18.2 Å². The van der Waals surface area contributed by atoms with E-state index in [4.69, 9.17) is 10.9 Å². The Kier molecular flexibility index (Phi) is 4.31. The summed E-state index contributed by atoms with van der Waals surface area (Å²) in [6, 6.07) is 3.76. The highest BCUT2D eigenvalue weighted by molar-refractivity contribution is 7.89. The second kappa shape index (κ2) is 5.25. The zero-order valence-electron chi connectivity index (χ0n) is 10.1. The minimum atomic E-state index is -4.42. The summed E-state index contributed by atoms with van der Waals surface area (Å²) < 4.78 is 59.8. The van der Waals surface area contributed by atoms with Gasteiger partial charge in [0.1, 0.15) is 11.4 Å². The first-order valence-corrected chi connectivity index (χ1v) is 6.84. The van der Waals surface area contributed by atoms with E-state index in [9.17, 15) is 21.6 Å². The van der Waals surface area contributed by atoms with Crippen LogP contribution >= 0.6 is 0 Å². The number of nitrogens with zero attached hydrogens (tertiary/aromatic N) is 1. The number of sulfonamides is 1. The molecule has 0 radical (unpaired) electrons. The normalized spacial score (nSPS) is 12.5. The number of para-hydroxylation sites is 1. The third-order valence-electron chi connectivity index (χ3n) is 2.44. The van der Waals surface area contributed by atoms with Crippen LogP contribution in [-0.2, 0) is 10.0 Å². The smallest absolute Gasteiger partial charge is 0.396 e. The number of alkyl halides is 3. The second-order valence-electron chi connectivity index (χ2n) is 3.86. The van der Waals surface area contributed by atoms with Crippen LogP contribution in [0.3, 0.4) is 0 Å². The first-order valence-electron chi connectivity index (χ1n) is 5.29. The summed E-state index contributed by atoms with van der Waals surface area (Å²) in [4.78, 5) is 0.551. The van der Waals surface area contributed by atoms with Crippen molar-refractivity contribution >= 4 is 21.4 Å². The number of halogens is 3. The average molecular weight is 297 g/mol. The van der Waals surface area contributed by atoms with Gasteiger partial charge in [0, 0.05) is 6.54 Å². The molecule has 0 saturated carbocycles. The summed E-state index contributed by atoms with van der Waals surface area (Å²) in [5.41, 5.74) is 5.31. The van der Waals surface area contributed by atoms with Crippen molar-refractivity contribution in [2.45, 2.75) is 18.0 Å². The molecule has 0 fully saturated rings. The molecule has 0 aliphatic rings. The van der Waals surface area contributed by atoms with Gasteiger partial charge in [0.2, 0.25) is 10.0 Å². The van der Waals surface area contributed by atoms with Gasteiger partial charge in [-0.1, -0.05) is 6.07 Å². The largest absolute Gasteiger partial charge is 0.405 e. The Morgan fingerprint density at radius 2 is 1.89 bits per heavy atom. The van der Waals surface area contributed by atoms with Crippen LogP contribution in [0.1, 0.15) is 6.92 Å². The Labute approximate surface area is 109 Å². The molecule has 9 heteroatoms. The van der Waals surface area contributed by atoms with Crippen LogP contribution in [0.4, 0.5) is 24.5 Å². The lowest BCUT2D eigenvalue weighted by atomic mass is 10.2. The number of benzene rings is 1. The Bertz CT molecular complexity index is 558. The van der Waals surface area contributed by atoms with E-state index >= 15 is 0 Å². The maximum atomic E-state index is 12.4. The van der Waals surface area contributed by atoms with Gasteiger partial charge in [0.15, 0.2) is 0 Å². The molecule has 1 aromatic rings. The lowest BCUT2D eigenvalue weighted by molar-refractivity contribution is -0.119. The highest BCUT2D eigenvalue weighted by Gasteiger charge is 2.31. The molecule has 19 heavy (non-hydrogen) atoms. The second-order valence-corrected chi connectivity index (χ2v) is 5.39. The molecule has 1 rings (SSSR count). The van der Waals surface area contributed by atoms with Crippen LogP contribution in [-0.4, -0.2) is 27.7 Å². The van der Waals surface area contributed by atoms with E-state index in [0.29, 0.717) is 0 Å². The molecule has 0 aliphatic heterocycles. The van der Waals surface area contributed by atoms with Gasteiger partial charge in [-0.25, -0.2) is 13.6 Å². The number of primary sulfonamides is 1. The molecule has 0 aromatic heterocycles. The van der Waals surface area contributed by atoms with Crippen molar-refractivity contribution < 1.29 is 21.6 Å². The van der Waals surface area contributed by atoms with Gasteiger partial charge in [-0.15, -0.1) is 0 Å². The fraction of sp³-hybridized carbons (Fsp3) is 0.400. The van der Waals surface area contributed by atoms with E-state index in [1.165, 1.54) is 19.1 Å². The van der Waals surface area contributed by atoms with Gasteiger partial charge in [-0.2, -0.15) is 13.2 Å². The third kappa shape index (κ3) is 4.00. The number of hydrogen-bond donors (Lipinski definition) is 2. The van der Waals surface area contributed by atoms with Crippen LogP contribution in [0.15, 0.2) is 23.1 Å². The fourth-order valence-electron chi connectivity index (χ4n) is 1.64. The quantitative estimate of drug-likeness (QED) is 0.820. The number of anilines is 2. The monoisotopic (exact) mass is 297 g/mol. The first kappa shape index (κ1) is 15.6. The van der Waals surface area contributed by atoms with Crippen molar-refractivity contribution in [3.63, 3.8) is 0 Å². The Hall–Kier alpha value is -1.48. The first-order chi connectivity index (χ1) is 8.56. The van der Waals surface area contributed by atoms with Crippen molar-refractivity contribution in [1.82, 2.24) is 0 Å². The summed E-state index contributed by atoms with van der Waals surface area (Å²) >= 11 is 0. The number of rotatable bonds is 4. The minimum Gasteiger partial charge on any atom is -0.396 e. The molecule has 0 atom stereocenters. The van der Waals surface area contributed by atoms with Crippen LogP contribution < -0.4 is 15.8 Å². The Morgan fingerprint density at radius 3 is 2.32 bits per heavy atom. The molecule has 0 heterocycles. The van der Waals surface area contributed by atoms with Gasteiger partial charge < -0.3 is 10.6 Å². The molecule has 0 aliphatic carbocycles.